The third kappa shape index (κ3) is 4.16. The molecule has 2 unspecified atom stereocenters. The van der Waals surface area contributed by atoms with Crippen molar-refractivity contribution in [3.05, 3.63) is 0 Å². The van der Waals surface area contributed by atoms with Crippen LogP contribution < -0.4 is 10.6 Å². The molecule has 0 aromatic carbocycles. The Labute approximate surface area is 88.0 Å². The number of hydrogen-bond donors (Lipinski definition) is 3. The highest BCUT2D eigenvalue weighted by Crippen LogP contribution is 2.15. The van der Waals surface area contributed by atoms with E-state index in [0.29, 0.717) is 12.5 Å². The van der Waals surface area contributed by atoms with E-state index in [1.54, 1.807) is 0 Å². The van der Waals surface area contributed by atoms with Gasteiger partial charge in [-0.05, 0) is 13.3 Å². The van der Waals surface area contributed by atoms with Gasteiger partial charge in [0.2, 0.25) is 0 Å². The number of carboxylic acid groups (broad SMARTS) is 1. The fourth-order valence-corrected chi connectivity index (χ4v) is 1.48. The van der Waals surface area contributed by atoms with Crippen LogP contribution in [0.25, 0.3) is 0 Å². The molecule has 0 radical (unpaired) electrons. The fraction of sp³-hybridized carbons (Fsp3) is 0.778. The number of carboxylic acids is 1. The zero-order chi connectivity index (χ0) is 11.3. The highest BCUT2D eigenvalue weighted by molar-refractivity contribution is 5.79. The lowest BCUT2D eigenvalue weighted by Gasteiger charge is -2.19. The lowest BCUT2D eigenvalue weighted by molar-refractivity contribution is -0.135. The maximum atomic E-state index is 11.2. The molecule has 1 rings (SSSR count). The normalized spacial score (nSPS) is 22.1. The molecule has 15 heavy (non-hydrogen) atoms. The van der Waals surface area contributed by atoms with Gasteiger partial charge in [-0.25, -0.2) is 4.79 Å². The summed E-state index contributed by atoms with van der Waals surface area (Å²) < 4.78 is 5.19. The predicted octanol–water partition coefficient (Wildman–Crippen LogP) is -0.205. The minimum atomic E-state index is -1.05. The van der Waals surface area contributed by atoms with Crippen LogP contribution in [-0.4, -0.2) is 42.9 Å². The van der Waals surface area contributed by atoms with Gasteiger partial charge >= 0.3 is 12.0 Å². The SMILES string of the molecule is CC(NC(=O)NCC(=O)O)C1CCOC1. The minimum Gasteiger partial charge on any atom is -0.480 e. The van der Waals surface area contributed by atoms with Crippen molar-refractivity contribution in [3.8, 4) is 0 Å². The molecular formula is C9H16N2O4. The molecule has 0 bridgehead atoms. The van der Waals surface area contributed by atoms with Crippen LogP contribution in [-0.2, 0) is 9.53 Å². The van der Waals surface area contributed by atoms with Crippen molar-refractivity contribution < 1.29 is 19.4 Å². The Kier molecular flexibility index (Phi) is 4.36. The molecule has 1 heterocycles. The summed E-state index contributed by atoms with van der Waals surface area (Å²) in [5, 5.41) is 13.3. The minimum absolute atomic E-state index is 0.00120. The molecule has 1 aliphatic rings. The van der Waals surface area contributed by atoms with Gasteiger partial charge in [-0.15, -0.1) is 0 Å². The van der Waals surface area contributed by atoms with E-state index in [4.69, 9.17) is 9.84 Å². The molecule has 2 amide bonds. The first-order valence-electron chi connectivity index (χ1n) is 4.93. The van der Waals surface area contributed by atoms with Gasteiger partial charge in [0.15, 0.2) is 0 Å². The number of ether oxygens (including phenoxy) is 1. The van der Waals surface area contributed by atoms with Gasteiger partial charge in [-0.1, -0.05) is 0 Å². The molecule has 0 spiro atoms. The van der Waals surface area contributed by atoms with Crippen LogP contribution in [0.5, 0.6) is 0 Å². The van der Waals surface area contributed by atoms with Crippen molar-refractivity contribution in [1.82, 2.24) is 10.6 Å². The fourth-order valence-electron chi connectivity index (χ4n) is 1.48. The number of urea groups is 1. The summed E-state index contributed by atoms with van der Waals surface area (Å²) in [4.78, 5) is 21.4. The van der Waals surface area contributed by atoms with Crippen molar-refractivity contribution in [3.63, 3.8) is 0 Å². The van der Waals surface area contributed by atoms with Crippen LogP contribution in [0.2, 0.25) is 0 Å². The zero-order valence-corrected chi connectivity index (χ0v) is 8.66. The van der Waals surface area contributed by atoms with Crippen molar-refractivity contribution in [1.29, 1.82) is 0 Å². The number of hydrogen-bond acceptors (Lipinski definition) is 3. The molecule has 0 aromatic rings. The van der Waals surface area contributed by atoms with E-state index in [1.165, 1.54) is 0 Å². The smallest absolute Gasteiger partial charge is 0.323 e. The third-order valence-corrected chi connectivity index (χ3v) is 2.43. The summed E-state index contributed by atoms with van der Waals surface area (Å²) >= 11 is 0. The first kappa shape index (κ1) is 11.8. The lowest BCUT2D eigenvalue weighted by Crippen LogP contribution is -2.45. The highest BCUT2D eigenvalue weighted by atomic mass is 16.5. The van der Waals surface area contributed by atoms with Crippen molar-refractivity contribution in [2.75, 3.05) is 19.8 Å². The van der Waals surface area contributed by atoms with Crippen LogP contribution in [0.3, 0.4) is 0 Å². The Balaban J connectivity index is 2.21. The van der Waals surface area contributed by atoms with E-state index in [1.807, 2.05) is 6.92 Å². The van der Waals surface area contributed by atoms with E-state index >= 15 is 0 Å². The molecule has 1 saturated heterocycles. The van der Waals surface area contributed by atoms with Crippen LogP contribution in [0.4, 0.5) is 4.79 Å². The van der Waals surface area contributed by atoms with Gasteiger partial charge in [-0.3, -0.25) is 4.79 Å². The molecule has 1 aliphatic heterocycles. The maximum absolute atomic E-state index is 11.2. The van der Waals surface area contributed by atoms with Crippen LogP contribution in [0.15, 0.2) is 0 Å². The topological polar surface area (TPSA) is 87.7 Å². The van der Waals surface area contributed by atoms with Gasteiger partial charge in [0.25, 0.3) is 0 Å². The number of amides is 2. The number of carbonyl (C=O) groups excluding carboxylic acids is 1. The number of nitrogens with one attached hydrogen (secondary N) is 2. The number of rotatable bonds is 4. The first-order chi connectivity index (χ1) is 7.09. The quantitative estimate of drug-likeness (QED) is 0.607. The second-order valence-corrected chi connectivity index (χ2v) is 3.63. The zero-order valence-electron chi connectivity index (χ0n) is 8.66. The molecule has 6 heteroatoms. The van der Waals surface area contributed by atoms with E-state index in [0.717, 1.165) is 13.0 Å². The second kappa shape index (κ2) is 5.55. The highest BCUT2D eigenvalue weighted by Gasteiger charge is 2.23. The second-order valence-electron chi connectivity index (χ2n) is 3.63. The summed E-state index contributed by atoms with van der Waals surface area (Å²) in [6.45, 7) is 2.91. The molecule has 6 nitrogen and oxygen atoms in total. The average molecular weight is 216 g/mol. The number of carbonyl (C=O) groups is 2. The molecule has 86 valence electrons. The van der Waals surface area contributed by atoms with Crippen molar-refractivity contribution in [2.24, 2.45) is 5.92 Å². The summed E-state index contributed by atoms with van der Waals surface area (Å²) in [5.41, 5.74) is 0. The van der Waals surface area contributed by atoms with E-state index in [-0.39, 0.29) is 12.6 Å². The van der Waals surface area contributed by atoms with E-state index < -0.39 is 12.0 Å². The summed E-state index contributed by atoms with van der Waals surface area (Å²) in [5.74, 6) is -0.734. The molecule has 3 N–H and O–H groups in total. The maximum Gasteiger partial charge on any atom is 0.323 e. The van der Waals surface area contributed by atoms with Crippen molar-refractivity contribution >= 4 is 12.0 Å². The van der Waals surface area contributed by atoms with Gasteiger partial charge in [-0.2, -0.15) is 0 Å². The third-order valence-electron chi connectivity index (χ3n) is 2.43. The molecule has 2 atom stereocenters. The molecule has 1 fully saturated rings. The molecule has 0 aliphatic carbocycles. The first-order valence-corrected chi connectivity index (χ1v) is 4.93. The van der Waals surface area contributed by atoms with Gasteiger partial charge in [0.05, 0.1) is 6.61 Å². The number of aliphatic carboxylic acids is 1. The lowest BCUT2D eigenvalue weighted by atomic mass is 10.0. The van der Waals surface area contributed by atoms with Crippen LogP contribution in [0.1, 0.15) is 13.3 Å². The average Bonchev–Trinajstić information content (AvgIpc) is 2.67. The van der Waals surface area contributed by atoms with Crippen LogP contribution >= 0.6 is 0 Å². The standard InChI is InChI=1S/C9H16N2O4/c1-6(7-2-3-15-5-7)11-9(14)10-4-8(12)13/h6-7H,2-5H2,1H3,(H,12,13)(H2,10,11,14). The van der Waals surface area contributed by atoms with Gasteiger partial charge < -0.3 is 20.5 Å². The Hall–Kier alpha value is -1.30. The molecule has 0 aromatic heterocycles. The molecule has 0 saturated carbocycles. The Morgan fingerprint density at radius 3 is 2.87 bits per heavy atom. The monoisotopic (exact) mass is 216 g/mol. The Morgan fingerprint density at radius 1 is 1.60 bits per heavy atom. The summed E-state index contributed by atoms with van der Waals surface area (Å²) in [6, 6.07) is -0.446. The van der Waals surface area contributed by atoms with E-state index in [2.05, 4.69) is 10.6 Å². The summed E-state index contributed by atoms with van der Waals surface area (Å²) in [7, 11) is 0. The van der Waals surface area contributed by atoms with E-state index in [9.17, 15) is 9.59 Å². The Bertz CT molecular complexity index is 238. The van der Waals surface area contributed by atoms with Gasteiger partial charge in [0.1, 0.15) is 6.54 Å². The predicted molar refractivity (Wildman–Crippen MR) is 52.6 cm³/mol. The summed E-state index contributed by atoms with van der Waals surface area (Å²) in [6.07, 6.45) is 0.931. The van der Waals surface area contributed by atoms with Gasteiger partial charge in [0, 0.05) is 18.6 Å². The largest absolute Gasteiger partial charge is 0.480 e. The molecular weight excluding hydrogens is 200 g/mol. The van der Waals surface area contributed by atoms with Crippen molar-refractivity contribution in [2.45, 2.75) is 19.4 Å². The Morgan fingerprint density at radius 2 is 2.33 bits per heavy atom. The van der Waals surface area contributed by atoms with Crippen LogP contribution in [0, 0.1) is 5.92 Å².